The van der Waals surface area contributed by atoms with Crippen LogP contribution in [0.5, 0.6) is 0 Å². The summed E-state index contributed by atoms with van der Waals surface area (Å²) in [6.07, 6.45) is 1.42. The maximum Gasteiger partial charge on any atom is 0.303 e. The van der Waals surface area contributed by atoms with Crippen molar-refractivity contribution in [2.24, 2.45) is 0 Å². The number of rotatable bonds is 6. The highest BCUT2D eigenvalue weighted by atomic mass is 35.5. The summed E-state index contributed by atoms with van der Waals surface area (Å²) >= 11 is 5.74. The number of carboxylic acid groups (broad SMARTS) is 1. The first-order valence-electron chi connectivity index (χ1n) is 5.50. The summed E-state index contributed by atoms with van der Waals surface area (Å²) in [5.74, 6) is -0.980. The number of carbonyl (C=O) groups is 1. The minimum absolute atomic E-state index is 0.121. The van der Waals surface area contributed by atoms with Crippen LogP contribution < -0.4 is 4.72 Å². The lowest BCUT2D eigenvalue weighted by Crippen LogP contribution is -2.43. The summed E-state index contributed by atoms with van der Waals surface area (Å²) in [5.41, 5.74) is -0.892. The number of sulfonamides is 1. The molecule has 0 atom stereocenters. The summed E-state index contributed by atoms with van der Waals surface area (Å²) < 4.78 is 26.7. The van der Waals surface area contributed by atoms with Gasteiger partial charge in [-0.2, -0.15) is 0 Å². The van der Waals surface area contributed by atoms with Crippen LogP contribution in [0.3, 0.4) is 0 Å². The van der Waals surface area contributed by atoms with Crippen LogP contribution in [0.15, 0.2) is 23.2 Å². The molecule has 0 aliphatic rings. The van der Waals surface area contributed by atoms with Gasteiger partial charge in [0.25, 0.3) is 0 Å². The molecule has 1 aromatic heterocycles. The summed E-state index contributed by atoms with van der Waals surface area (Å²) in [6, 6.07) is 2.80. The van der Waals surface area contributed by atoms with E-state index in [4.69, 9.17) is 16.7 Å². The summed E-state index contributed by atoms with van der Waals surface area (Å²) in [6.45, 7) is 3.22. The minimum atomic E-state index is -3.83. The largest absolute Gasteiger partial charge is 0.481 e. The third kappa shape index (κ3) is 4.77. The lowest BCUT2D eigenvalue weighted by molar-refractivity contribution is -0.137. The van der Waals surface area contributed by atoms with E-state index >= 15 is 0 Å². The smallest absolute Gasteiger partial charge is 0.303 e. The molecule has 0 aliphatic carbocycles. The van der Waals surface area contributed by atoms with Crippen LogP contribution in [0.2, 0.25) is 5.15 Å². The number of halogens is 1. The zero-order valence-corrected chi connectivity index (χ0v) is 12.1. The number of aromatic nitrogens is 1. The van der Waals surface area contributed by atoms with Crippen molar-refractivity contribution in [2.75, 3.05) is 0 Å². The van der Waals surface area contributed by atoms with Crippen molar-refractivity contribution < 1.29 is 18.3 Å². The number of pyridine rings is 1. The first-order chi connectivity index (χ1) is 8.64. The van der Waals surface area contributed by atoms with E-state index in [0.29, 0.717) is 0 Å². The van der Waals surface area contributed by atoms with Crippen molar-refractivity contribution in [3.05, 3.63) is 23.5 Å². The van der Waals surface area contributed by atoms with Gasteiger partial charge < -0.3 is 5.11 Å². The fraction of sp³-hybridized carbons (Fsp3) is 0.455. The Labute approximate surface area is 116 Å². The molecule has 2 N–H and O–H groups in total. The molecule has 1 heterocycles. The van der Waals surface area contributed by atoms with E-state index in [2.05, 4.69) is 9.71 Å². The Morgan fingerprint density at radius 1 is 1.53 bits per heavy atom. The molecule has 0 bridgehead atoms. The second-order valence-electron chi connectivity index (χ2n) is 4.68. The van der Waals surface area contributed by atoms with Crippen LogP contribution in [-0.4, -0.2) is 30.0 Å². The van der Waals surface area contributed by atoms with E-state index in [-0.39, 0.29) is 22.9 Å². The highest BCUT2D eigenvalue weighted by molar-refractivity contribution is 7.89. The number of aliphatic carboxylic acids is 1. The van der Waals surface area contributed by atoms with Gasteiger partial charge in [-0.15, -0.1) is 0 Å². The van der Waals surface area contributed by atoms with Crippen LogP contribution in [0.4, 0.5) is 0 Å². The maximum atomic E-state index is 12.1. The number of hydrogen-bond donors (Lipinski definition) is 2. The zero-order chi connectivity index (χ0) is 14.7. The van der Waals surface area contributed by atoms with E-state index in [9.17, 15) is 13.2 Å². The molecular weight excluding hydrogens is 292 g/mol. The minimum Gasteiger partial charge on any atom is -0.481 e. The van der Waals surface area contributed by atoms with Gasteiger partial charge in [-0.3, -0.25) is 4.79 Å². The topological polar surface area (TPSA) is 96.4 Å². The highest BCUT2D eigenvalue weighted by Crippen LogP contribution is 2.21. The molecule has 8 heteroatoms. The first-order valence-corrected chi connectivity index (χ1v) is 7.36. The van der Waals surface area contributed by atoms with Gasteiger partial charge in [-0.05, 0) is 32.4 Å². The van der Waals surface area contributed by atoms with Gasteiger partial charge in [0.2, 0.25) is 10.0 Å². The van der Waals surface area contributed by atoms with Crippen molar-refractivity contribution in [3.63, 3.8) is 0 Å². The normalized spacial score (nSPS) is 12.4. The Bertz CT molecular complexity index is 572. The molecule has 0 radical (unpaired) electrons. The Balaban J connectivity index is 2.91. The summed E-state index contributed by atoms with van der Waals surface area (Å²) in [5, 5.41) is 8.51. The lowest BCUT2D eigenvalue weighted by Gasteiger charge is -2.25. The molecule has 0 aliphatic heterocycles. The van der Waals surface area contributed by atoms with Crippen LogP contribution in [0, 0.1) is 0 Å². The molecule has 1 aromatic rings. The number of hydrogen-bond acceptors (Lipinski definition) is 4. The van der Waals surface area contributed by atoms with E-state index < -0.39 is 21.5 Å². The molecule has 6 nitrogen and oxygen atoms in total. The van der Waals surface area contributed by atoms with Crippen LogP contribution in [-0.2, 0) is 14.8 Å². The molecule has 0 aromatic carbocycles. The van der Waals surface area contributed by atoms with Gasteiger partial charge >= 0.3 is 5.97 Å². The fourth-order valence-corrected chi connectivity index (χ4v) is 3.36. The molecule has 0 saturated heterocycles. The van der Waals surface area contributed by atoms with Gasteiger partial charge in [0.05, 0.1) is 0 Å². The van der Waals surface area contributed by atoms with Gasteiger partial charge in [0.1, 0.15) is 10.0 Å². The molecule has 0 fully saturated rings. The van der Waals surface area contributed by atoms with Crippen molar-refractivity contribution in [1.82, 2.24) is 9.71 Å². The Morgan fingerprint density at radius 2 is 2.16 bits per heavy atom. The third-order valence-electron chi connectivity index (χ3n) is 2.39. The molecule has 106 valence electrons. The molecule has 0 unspecified atom stereocenters. The van der Waals surface area contributed by atoms with Gasteiger partial charge in [-0.25, -0.2) is 18.1 Å². The van der Waals surface area contributed by atoms with Crippen molar-refractivity contribution >= 4 is 27.6 Å². The quantitative estimate of drug-likeness (QED) is 0.779. The predicted octanol–water partition coefficient (Wildman–Crippen LogP) is 1.66. The highest BCUT2D eigenvalue weighted by Gasteiger charge is 2.28. The predicted molar refractivity (Wildman–Crippen MR) is 70.5 cm³/mol. The first kappa shape index (κ1) is 15.9. The SMILES string of the molecule is CC(C)(CCC(=O)O)NS(=O)(=O)c1cccnc1Cl. The van der Waals surface area contributed by atoms with Crippen molar-refractivity contribution in [2.45, 2.75) is 37.1 Å². The molecule has 0 spiro atoms. The number of carboxylic acids is 1. The van der Waals surface area contributed by atoms with E-state index in [1.807, 2.05) is 0 Å². The van der Waals surface area contributed by atoms with E-state index in [0.717, 1.165) is 0 Å². The molecule has 1 rings (SSSR count). The average molecular weight is 307 g/mol. The Hall–Kier alpha value is -1.18. The maximum absolute atomic E-state index is 12.1. The Kier molecular flexibility index (Phi) is 4.89. The van der Waals surface area contributed by atoms with Gasteiger partial charge in [0.15, 0.2) is 0 Å². The average Bonchev–Trinajstić information content (AvgIpc) is 2.25. The number of nitrogens with one attached hydrogen (secondary N) is 1. The second-order valence-corrected chi connectivity index (χ2v) is 6.68. The third-order valence-corrected chi connectivity index (χ3v) is 4.53. The van der Waals surface area contributed by atoms with Gasteiger partial charge in [-0.1, -0.05) is 11.6 Å². The summed E-state index contributed by atoms with van der Waals surface area (Å²) in [7, 11) is -3.83. The molecule has 0 amide bonds. The van der Waals surface area contributed by atoms with Crippen LogP contribution in [0.25, 0.3) is 0 Å². The molecule has 0 saturated carbocycles. The van der Waals surface area contributed by atoms with E-state index in [1.54, 1.807) is 13.8 Å². The monoisotopic (exact) mass is 306 g/mol. The molecule has 19 heavy (non-hydrogen) atoms. The Morgan fingerprint density at radius 3 is 2.68 bits per heavy atom. The lowest BCUT2D eigenvalue weighted by atomic mass is 10.0. The van der Waals surface area contributed by atoms with Crippen LogP contribution in [0.1, 0.15) is 26.7 Å². The number of nitrogens with zero attached hydrogens (tertiary/aromatic N) is 1. The standard InChI is InChI=1S/C11H15ClN2O4S/c1-11(2,6-5-9(15)16)14-19(17,18)8-4-3-7-13-10(8)12/h3-4,7,14H,5-6H2,1-2H3,(H,15,16). The fourth-order valence-electron chi connectivity index (χ4n) is 1.46. The van der Waals surface area contributed by atoms with E-state index in [1.165, 1.54) is 18.3 Å². The van der Waals surface area contributed by atoms with Gasteiger partial charge in [0, 0.05) is 18.2 Å². The molecular formula is C11H15ClN2O4S. The second kappa shape index (κ2) is 5.85. The van der Waals surface area contributed by atoms with Crippen molar-refractivity contribution in [1.29, 1.82) is 0 Å². The van der Waals surface area contributed by atoms with Crippen LogP contribution >= 0.6 is 11.6 Å². The zero-order valence-electron chi connectivity index (χ0n) is 10.6. The summed E-state index contributed by atoms with van der Waals surface area (Å²) in [4.78, 5) is 14.1. The van der Waals surface area contributed by atoms with Crippen molar-refractivity contribution in [3.8, 4) is 0 Å².